The van der Waals surface area contributed by atoms with Crippen LogP contribution in [0.3, 0.4) is 0 Å². The molecule has 0 bridgehead atoms. The summed E-state index contributed by atoms with van der Waals surface area (Å²) in [6.45, 7) is 5.99. The highest BCUT2D eigenvalue weighted by Gasteiger charge is 2.34. The molecule has 0 unspecified atom stereocenters. The predicted octanol–water partition coefficient (Wildman–Crippen LogP) is 3.16. The minimum absolute atomic E-state index is 0.00270. The summed E-state index contributed by atoms with van der Waals surface area (Å²) in [6, 6.07) is 9.40. The Morgan fingerprint density at radius 1 is 1.32 bits per heavy atom. The first-order valence-electron chi connectivity index (χ1n) is 10.4. The Morgan fingerprint density at radius 3 is 2.74 bits per heavy atom. The maximum atomic E-state index is 13.3. The predicted molar refractivity (Wildman–Crippen MR) is 117 cm³/mol. The van der Waals surface area contributed by atoms with Gasteiger partial charge in [0.2, 0.25) is 0 Å². The molecule has 4 rings (SSSR count). The van der Waals surface area contributed by atoms with Gasteiger partial charge in [-0.15, -0.1) is 0 Å². The van der Waals surface area contributed by atoms with Crippen molar-refractivity contribution < 1.29 is 19.4 Å². The maximum absolute atomic E-state index is 13.3. The number of carbonyl (C=O) groups excluding carboxylic acids is 1. The number of aromatic nitrogens is 2. The number of ether oxygens (including phenoxy) is 2. The Bertz CT molecular complexity index is 1230. The summed E-state index contributed by atoms with van der Waals surface area (Å²) in [5, 5.41) is 11.8. The number of carbonyl (C=O) groups is 1. The molecule has 1 aliphatic rings. The van der Waals surface area contributed by atoms with Crippen molar-refractivity contribution in [3.05, 3.63) is 57.4 Å². The number of benzene rings is 1. The number of nitrogens with zero attached hydrogens (tertiary/aromatic N) is 2. The van der Waals surface area contributed by atoms with Crippen LogP contribution in [0.4, 0.5) is 0 Å². The summed E-state index contributed by atoms with van der Waals surface area (Å²) in [4.78, 5) is 29.9. The standard InChI is InChI=1S/C24H26N2O5/c1-5-24(29,13-27)18-10-20-22-15(11-26(20)23(28)17(18)12-30-4)9-16-19(25-22)7-6-8-21(16)31-14(2)3/h6-10,13-14,29H,5,11-12H2,1-4H3/t24-/m1/s1. The molecule has 0 fully saturated rings. The van der Waals surface area contributed by atoms with Gasteiger partial charge in [0.25, 0.3) is 5.56 Å². The number of rotatable bonds is 7. The number of methoxy groups -OCH3 is 1. The lowest BCUT2D eigenvalue weighted by molar-refractivity contribution is -0.125. The molecule has 0 radical (unpaired) electrons. The summed E-state index contributed by atoms with van der Waals surface area (Å²) < 4.78 is 12.8. The Morgan fingerprint density at radius 2 is 2.10 bits per heavy atom. The van der Waals surface area contributed by atoms with E-state index < -0.39 is 5.60 Å². The summed E-state index contributed by atoms with van der Waals surface area (Å²) in [7, 11) is 1.48. The first-order chi connectivity index (χ1) is 14.8. The van der Waals surface area contributed by atoms with E-state index in [0.717, 1.165) is 22.2 Å². The van der Waals surface area contributed by atoms with Crippen LogP contribution < -0.4 is 10.3 Å². The van der Waals surface area contributed by atoms with E-state index in [-0.39, 0.29) is 35.8 Å². The SMILES string of the molecule is CC[C@@](O)(C=O)c1cc2n(c(=O)c1COC)Cc1cc3c(OC(C)C)cccc3nc1-2. The molecule has 0 saturated heterocycles. The van der Waals surface area contributed by atoms with E-state index in [0.29, 0.717) is 24.2 Å². The number of hydrogen-bond acceptors (Lipinski definition) is 6. The molecule has 0 spiro atoms. The number of fused-ring (bicyclic) bond motifs is 4. The topological polar surface area (TPSA) is 90.7 Å². The molecule has 31 heavy (non-hydrogen) atoms. The van der Waals surface area contributed by atoms with Crippen molar-refractivity contribution in [3.63, 3.8) is 0 Å². The molecule has 3 heterocycles. The zero-order valence-corrected chi connectivity index (χ0v) is 18.1. The van der Waals surface area contributed by atoms with Gasteiger partial charge in [0, 0.05) is 29.2 Å². The van der Waals surface area contributed by atoms with Crippen LogP contribution in [0.2, 0.25) is 0 Å². The normalized spacial score (nSPS) is 14.4. The maximum Gasteiger partial charge on any atom is 0.257 e. The van der Waals surface area contributed by atoms with Gasteiger partial charge in [-0.25, -0.2) is 4.98 Å². The van der Waals surface area contributed by atoms with Crippen LogP contribution in [0.5, 0.6) is 5.75 Å². The van der Waals surface area contributed by atoms with Gasteiger partial charge in [-0.3, -0.25) is 9.59 Å². The van der Waals surface area contributed by atoms with Crippen molar-refractivity contribution >= 4 is 17.2 Å². The van der Waals surface area contributed by atoms with Crippen molar-refractivity contribution in [2.24, 2.45) is 0 Å². The van der Waals surface area contributed by atoms with Gasteiger partial charge < -0.3 is 19.1 Å². The molecular formula is C24H26N2O5. The number of aliphatic hydroxyl groups is 1. The second kappa shape index (κ2) is 7.90. The molecule has 162 valence electrons. The van der Waals surface area contributed by atoms with Crippen LogP contribution in [-0.4, -0.2) is 34.2 Å². The molecule has 1 aromatic carbocycles. The van der Waals surface area contributed by atoms with Gasteiger partial charge in [-0.05, 0) is 44.5 Å². The zero-order chi connectivity index (χ0) is 22.3. The minimum atomic E-state index is -1.76. The van der Waals surface area contributed by atoms with Crippen LogP contribution in [0.25, 0.3) is 22.3 Å². The number of pyridine rings is 2. The Labute approximate surface area is 180 Å². The second-order valence-electron chi connectivity index (χ2n) is 8.13. The van der Waals surface area contributed by atoms with E-state index in [9.17, 15) is 14.7 Å². The largest absolute Gasteiger partial charge is 0.490 e. The Hall–Kier alpha value is -3.03. The molecule has 1 atom stereocenters. The van der Waals surface area contributed by atoms with Crippen LogP contribution in [-0.2, 0) is 28.3 Å². The van der Waals surface area contributed by atoms with Crippen molar-refractivity contribution in [2.45, 2.75) is 52.0 Å². The lowest BCUT2D eigenvalue weighted by Gasteiger charge is -2.24. The van der Waals surface area contributed by atoms with Gasteiger partial charge in [0.05, 0.1) is 36.2 Å². The fourth-order valence-corrected chi connectivity index (χ4v) is 4.13. The molecule has 7 nitrogen and oxygen atoms in total. The van der Waals surface area contributed by atoms with Gasteiger partial charge in [-0.1, -0.05) is 13.0 Å². The van der Waals surface area contributed by atoms with Crippen molar-refractivity contribution in [1.82, 2.24) is 9.55 Å². The molecule has 1 N–H and O–H groups in total. The molecule has 3 aromatic rings. The fraction of sp³-hybridized carbons (Fsp3) is 0.375. The molecule has 7 heteroatoms. The van der Waals surface area contributed by atoms with Crippen LogP contribution >= 0.6 is 0 Å². The molecule has 0 amide bonds. The van der Waals surface area contributed by atoms with Gasteiger partial charge >= 0.3 is 0 Å². The van der Waals surface area contributed by atoms with Crippen molar-refractivity contribution in [3.8, 4) is 17.1 Å². The molecule has 0 saturated carbocycles. The third-order valence-corrected chi connectivity index (χ3v) is 5.72. The first kappa shape index (κ1) is 21.2. The lowest BCUT2D eigenvalue weighted by Crippen LogP contribution is -2.34. The highest BCUT2D eigenvalue weighted by atomic mass is 16.5. The lowest BCUT2D eigenvalue weighted by atomic mass is 9.89. The zero-order valence-electron chi connectivity index (χ0n) is 18.1. The quantitative estimate of drug-likeness (QED) is 0.460. The summed E-state index contributed by atoms with van der Waals surface area (Å²) in [5.74, 6) is 0.744. The highest BCUT2D eigenvalue weighted by molar-refractivity contribution is 5.89. The van der Waals surface area contributed by atoms with E-state index in [1.54, 1.807) is 17.6 Å². The molecule has 2 aromatic heterocycles. The van der Waals surface area contributed by atoms with E-state index >= 15 is 0 Å². The first-order valence-corrected chi connectivity index (χ1v) is 10.4. The summed E-state index contributed by atoms with van der Waals surface area (Å²) in [5.41, 5.74) is 1.39. The molecular weight excluding hydrogens is 396 g/mol. The third kappa shape index (κ3) is 3.43. The monoisotopic (exact) mass is 422 g/mol. The summed E-state index contributed by atoms with van der Waals surface area (Å²) >= 11 is 0. The van der Waals surface area contributed by atoms with Crippen LogP contribution in [0.1, 0.15) is 43.9 Å². The second-order valence-corrected chi connectivity index (χ2v) is 8.13. The van der Waals surface area contributed by atoms with Crippen LogP contribution in [0, 0.1) is 0 Å². The third-order valence-electron chi connectivity index (χ3n) is 5.72. The van der Waals surface area contributed by atoms with E-state index in [1.165, 1.54) is 7.11 Å². The number of hydrogen-bond donors (Lipinski definition) is 1. The summed E-state index contributed by atoms with van der Waals surface area (Å²) in [6.07, 6.45) is 0.647. The average Bonchev–Trinajstić information content (AvgIpc) is 3.11. The van der Waals surface area contributed by atoms with Gasteiger partial charge in [0.15, 0.2) is 6.29 Å². The minimum Gasteiger partial charge on any atom is -0.490 e. The van der Waals surface area contributed by atoms with E-state index in [2.05, 4.69) is 0 Å². The molecule has 1 aliphatic heterocycles. The number of aldehydes is 1. The van der Waals surface area contributed by atoms with E-state index in [4.69, 9.17) is 14.5 Å². The van der Waals surface area contributed by atoms with Crippen LogP contribution in [0.15, 0.2) is 35.1 Å². The van der Waals surface area contributed by atoms with E-state index in [1.807, 2.05) is 38.1 Å². The Kier molecular flexibility index (Phi) is 5.41. The van der Waals surface area contributed by atoms with Crippen molar-refractivity contribution in [2.75, 3.05) is 7.11 Å². The van der Waals surface area contributed by atoms with Gasteiger partial charge in [0.1, 0.15) is 11.4 Å². The van der Waals surface area contributed by atoms with Crippen molar-refractivity contribution in [1.29, 1.82) is 0 Å². The van der Waals surface area contributed by atoms with Gasteiger partial charge in [-0.2, -0.15) is 0 Å². The fourth-order valence-electron chi connectivity index (χ4n) is 4.13. The highest BCUT2D eigenvalue weighted by Crippen LogP contribution is 2.37. The average molecular weight is 422 g/mol. The molecule has 0 aliphatic carbocycles. The smallest absolute Gasteiger partial charge is 0.257 e. The Balaban J connectivity index is 1.96.